The number of ether oxygens (including phenoxy) is 1. The van der Waals surface area contributed by atoms with Crippen molar-refractivity contribution in [1.82, 2.24) is 15.1 Å². The zero-order valence-electron chi connectivity index (χ0n) is 15.6. The molecule has 4 aliphatic heterocycles. The molecular formula is C19H29N3O4. The Morgan fingerprint density at radius 3 is 2.23 bits per heavy atom. The molecule has 4 rings (SSSR count). The van der Waals surface area contributed by atoms with Gasteiger partial charge in [0, 0.05) is 13.1 Å². The molecule has 5 atom stereocenters. The van der Waals surface area contributed by atoms with Gasteiger partial charge in [-0.05, 0) is 58.5 Å². The van der Waals surface area contributed by atoms with E-state index in [2.05, 4.69) is 5.32 Å². The summed E-state index contributed by atoms with van der Waals surface area (Å²) in [5.74, 6) is -0.558. The number of nitrogens with zero attached hydrogens (tertiary/aromatic N) is 2. The third kappa shape index (κ3) is 2.76. The monoisotopic (exact) mass is 363 g/mol. The van der Waals surface area contributed by atoms with Crippen molar-refractivity contribution in [3.63, 3.8) is 0 Å². The number of piperidine rings is 1. The molecule has 2 bridgehead atoms. The van der Waals surface area contributed by atoms with Gasteiger partial charge in [-0.3, -0.25) is 19.3 Å². The second-order valence-corrected chi connectivity index (χ2v) is 8.23. The van der Waals surface area contributed by atoms with Crippen LogP contribution in [0.25, 0.3) is 0 Å². The lowest BCUT2D eigenvalue weighted by Crippen LogP contribution is -2.52. The van der Waals surface area contributed by atoms with Gasteiger partial charge in [0.15, 0.2) is 0 Å². The minimum absolute atomic E-state index is 0.0907. The summed E-state index contributed by atoms with van der Waals surface area (Å²) in [4.78, 5) is 41.7. The summed E-state index contributed by atoms with van der Waals surface area (Å²) >= 11 is 0. The van der Waals surface area contributed by atoms with Gasteiger partial charge in [0.1, 0.15) is 6.04 Å². The zero-order valence-corrected chi connectivity index (χ0v) is 15.6. The highest BCUT2D eigenvalue weighted by Gasteiger charge is 2.63. The van der Waals surface area contributed by atoms with Crippen LogP contribution < -0.4 is 5.32 Å². The van der Waals surface area contributed by atoms with Crippen LogP contribution in [0.4, 0.5) is 0 Å². The predicted molar refractivity (Wildman–Crippen MR) is 94.0 cm³/mol. The van der Waals surface area contributed by atoms with Crippen molar-refractivity contribution < 1.29 is 19.1 Å². The number of hydrogen-bond donors (Lipinski definition) is 1. The fourth-order valence-corrected chi connectivity index (χ4v) is 5.28. The summed E-state index contributed by atoms with van der Waals surface area (Å²) in [7, 11) is 1.96. The molecule has 0 radical (unpaired) electrons. The average Bonchev–Trinajstić information content (AvgIpc) is 3.33. The van der Waals surface area contributed by atoms with E-state index in [1.165, 1.54) is 4.90 Å². The Balaban J connectivity index is 1.39. The average molecular weight is 363 g/mol. The molecule has 0 spiro atoms. The Hall–Kier alpha value is -1.47. The molecule has 4 aliphatic rings. The van der Waals surface area contributed by atoms with Crippen LogP contribution in [0.1, 0.15) is 39.0 Å². The largest absolute Gasteiger partial charge is 0.373 e. The van der Waals surface area contributed by atoms with Gasteiger partial charge in [0.2, 0.25) is 17.7 Å². The molecule has 3 amide bonds. The van der Waals surface area contributed by atoms with Crippen LogP contribution in [0.3, 0.4) is 0 Å². The van der Waals surface area contributed by atoms with Gasteiger partial charge < -0.3 is 15.0 Å². The summed E-state index contributed by atoms with van der Waals surface area (Å²) in [6.45, 7) is 4.14. The highest BCUT2D eigenvalue weighted by Crippen LogP contribution is 2.49. The maximum atomic E-state index is 12.9. The second kappa shape index (κ2) is 6.93. The van der Waals surface area contributed by atoms with Crippen LogP contribution >= 0.6 is 0 Å². The number of carbonyl (C=O) groups excluding carboxylic acids is 3. The van der Waals surface area contributed by atoms with Crippen molar-refractivity contribution in [3.05, 3.63) is 0 Å². The van der Waals surface area contributed by atoms with Crippen LogP contribution in [0.5, 0.6) is 0 Å². The topological polar surface area (TPSA) is 79.0 Å². The molecule has 1 N–H and O–H groups in total. The number of carbonyl (C=O) groups is 3. The second-order valence-electron chi connectivity index (χ2n) is 8.23. The van der Waals surface area contributed by atoms with Gasteiger partial charge in [-0.2, -0.15) is 0 Å². The molecule has 0 aliphatic carbocycles. The molecule has 4 heterocycles. The van der Waals surface area contributed by atoms with Gasteiger partial charge in [-0.1, -0.05) is 0 Å². The van der Waals surface area contributed by atoms with Crippen LogP contribution in [0.2, 0.25) is 0 Å². The molecule has 144 valence electrons. The maximum absolute atomic E-state index is 12.9. The molecule has 7 nitrogen and oxygen atoms in total. The zero-order chi connectivity index (χ0) is 18.4. The predicted octanol–water partition coefficient (Wildman–Crippen LogP) is 0.385. The number of hydrogen-bond acceptors (Lipinski definition) is 5. The molecule has 4 fully saturated rings. The standard InChI is InChI=1S/C19H29N3O4/c1-11(17(23)21-9-6-12(7-10-21)5-8-20-2)22-18(24)15-13-3-4-14(26-13)16(15)19(22)25/h11-16,20H,3-10H2,1-2H3. The Morgan fingerprint density at radius 2 is 1.69 bits per heavy atom. The van der Waals surface area contributed by atoms with Crippen molar-refractivity contribution in [2.75, 3.05) is 26.7 Å². The maximum Gasteiger partial charge on any atom is 0.245 e. The smallest absolute Gasteiger partial charge is 0.245 e. The normalized spacial score (nSPS) is 35.3. The van der Waals surface area contributed by atoms with Crippen LogP contribution in [-0.2, 0) is 19.1 Å². The molecule has 7 heteroatoms. The van der Waals surface area contributed by atoms with E-state index in [9.17, 15) is 14.4 Å². The van der Waals surface area contributed by atoms with Crippen LogP contribution in [-0.4, -0.2) is 72.5 Å². The minimum atomic E-state index is -0.700. The summed E-state index contributed by atoms with van der Waals surface area (Å²) in [5, 5.41) is 3.17. The van der Waals surface area contributed by atoms with Crippen LogP contribution in [0.15, 0.2) is 0 Å². The quantitative estimate of drug-likeness (QED) is 0.715. The Labute approximate surface area is 154 Å². The fourth-order valence-electron chi connectivity index (χ4n) is 5.28. The Morgan fingerprint density at radius 1 is 1.12 bits per heavy atom. The molecule has 0 saturated carbocycles. The van der Waals surface area contributed by atoms with Gasteiger partial charge in [-0.25, -0.2) is 0 Å². The van der Waals surface area contributed by atoms with Crippen molar-refractivity contribution in [2.45, 2.75) is 57.3 Å². The molecule has 0 aromatic rings. The van der Waals surface area contributed by atoms with Crippen LogP contribution in [0, 0.1) is 17.8 Å². The summed E-state index contributed by atoms with van der Waals surface area (Å²) in [6, 6.07) is -0.700. The molecule has 0 aromatic carbocycles. The van der Waals surface area contributed by atoms with E-state index in [4.69, 9.17) is 4.74 Å². The molecule has 26 heavy (non-hydrogen) atoms. The SMILES string of the molecule is CNCCC1CCN(C(=O)C(C)N2C(=O)C3C4CCC(O4)C3C2=O)CC1. The lowest BCUT2D eigenvalue weighted by Gasteiger charge is -2.35. The molecular weight excluding hydrogens is 334 g/mol. The first-order valence-corrected chi connectivity index (χ1v) is 9.98. The number of fused-ring (bicyclic) bond motifs is 5. The van der Waals surface area contributed by atoms with Crippen molar-refractivity contribution in [2.24, 2.45) is 17.8 Å². The fraction of sp³-hybridized carbons (Fsp3) is 0.842. The number of amides is 3. The summed E-state index contributed by atoms with van der Waals surface area (Å²) in [5.41, 5.74) is 0. The van der Waals surface area contributed by atoms with E-state index in [1.54, 1.807) is 6.92 Å². The van der Waals surface area contributed by atoms with Gasteiger partial charge in [0.25, 0.3) is 0 Å². The Kier molecular flexibility index (Phi) is 4.77. The van der Waals surface area contributed by atoms with E-state index in [-0.39, 0.29) is 41.8 Å². The first kappa shape index (κ1) is 17.9. The number of nitrogens with one attached hydrogen (secondary N) is 1. The van der Waals surface area contributed by atoms with Gasteiger partial charge in [-0.15, -0.1) is 0 Å². The van der Waals surface area contributed by atoms with E-state index in [1.807, 2.05) is 11.9 Å². The number of imide groups is 1. The van der Waals surface area contributed by atoms with Gasteiger partial charge >= 0.3 is 0 Å². The first-order valence-electron chi connectivity index (χ1n) is 9.98. The van der Waals surface area contributed by atoms with Crippen molar-refractivity contribution >= 4 is 17.7 Å². The van der Waals surface area contributed by atoms with E-state index in [0.29, 0.717) is 5.92 Å². The van der Waals surface area contributed by atoms with E-state index in [0.717, 1.165) is 51.7 Å². The molecule has 4 saturated heterocycles. The number of likely N-dealkylation sites (tertiary alicyclic amines) is 2. The summed E-state index contributed by atoms with van der Waals surface area (Å²) < 4.78 is 5.76. The third-order valence-corrected chi connectivity index (χ3v) is 6.79. The lowest BCUT2D eigenvalue weighted by atomic mass is 9.81. The summed E-state index contributed by atoms with van der Waals surface area (Å²) in [6.07, 6.45) is 4.55. The molecule has 5 unspecified atom stereocenters. The first-order chi connectivity index (χ1) is 12.5. The van der Waals surface area contributed by atoms with Gasteiger partial charge in [0.05, 0.1) is 24.0 Å². The highest BCUT2D eigenvalue weighted by molar-refractivity contribution is 6.09. The minimum Gasteiger partial charge on any atom is -0.373 e. The van der Waals surface area contributed by atoms with E-state index >= 15 is 0 Å². The number of rotatable bonds is 5. The molecule has 0 aromatic heterocycles. The third-order valence-electron chi connectivity index (χ3n) is 6.79. The Bertz CT molecular complexity index is 574. The van der Waals surface area contributed by atoms with Crippen molar-refractivity contribution in [3.8, 4) is 0 Å². The van der Waals surface area contributed by atoms with Crippen molar-refractivity contribution in [1.29, 1.82) is 0 Å². The lowest BCUT2D eigenvalue weighted by molar-refractivity contribution is -0.153. The highest BCUT2D eigenvalue weighted by atomic mass is 16.5. The van der Waals surface area contributed by atoms with E-state index < -0.39 is 6.04 Å².